The molecule has 0 amide bonds. The summed E-state index contributed by atoms with van der Waals surface area (Å²) in [5.74, 6) is 0. The number of anilines is 2. The molecular weight excluding hydrogens is 286 g/mol. The Bertz CT molecular complexity index is 688. The van der Waals surface area contributed by atoms with Crippen molar-refractivity contribution in [2.75, 3.05) is 11.1 Å². The number of hydrogen-bond donors (Lipinski definition) is 2. The van der Waals surface area contributed by atoms with Crippen molar-refractivity contribution in [2.45, 2.75) is 25.8 Å². The number of nitrogen functional groups attached to an aromatic ring is 1. The molecule has 20 heavy (non-hydrogen) atoms. The second-order valence-corrected chi connectivity index (χ2v) is 6.59. The monoisotopic (exact) mass is 303 g/mol. The van der Waals surface area contributed by atoms with Gasteiger partial charge < -0.3 is 11.1 Å². The first kappa shape index (κ1) is 13.4. The molecule has 0 aliphatic carbocycles. The number of thiophene rings is 1. The van der Waals surface area contributed by atoms with Crippen molar-refractivity contribution in [3.8, 4) is 0 Å². The van der Waals surface area contributed by atoms with Crippen LogP contribution in [-0.2, 0) is 0 Å². The van der Waals surface area contributed by atoms with Gasteiger partial charge in [-0.15, -0.1) is 22.7 Å². The van der Waals surface area contributed by atoms with Crippen molar-refractivity contribution in [3.05, 3.63) is 40.0 Å². The maximum atomic E-state index is 6.25. The second kappa shape index (κ2) is 5.81. The van der Waals surface area contributed by atoms with E-state index in [4.69, 9.17) is 5.73 Å². The van der Waals surface area contributed by atoms with Gasteiger partial charge in [0.2, 0.25) is 0 Å². The largest absolute Gasteiger partial charge is 0.395 e. The zero-order valence-electron chi connectivity index (χ0n) is 11.3. The summed E-state index contributed by atoms with van der Waals surface area (Å²) in [6, 6.07) is 8.74. The average Bonchev–Trinajstić information content (AvgIpc) is 3.11. The van der Waals surface area contributed by atoms with E-state index >= 15 is 0 Å². The van der Waals surface area contributed by atoms with Gasteiger partial charge in [0.05, 0.1) is 27.6 Å². The van der Waals surface area contributed by atoms with Crippen LogP contribution in [0.5, 0.6) is 0 Å². The molecule has 3 aromatic rings. The van der Waals surface area contributed by atoms with Crippen LogP contribution in [0.3, 0.4) is 0 Å². The van der Waals surface area contributed by atoms with Gasteiger partial charge in [0.25, 0.3) is 0 Å². The number of nitrogens with zero attached hydrogens (tertiary/aromatic N) is 1. The van der Waals surface area contributed by atoms with Gasteiger partial charge in [-0.1, -0.05) is 19.4 Å². The van der Waals surface area contributed by atoms with Crippen molar-refractivity contribution >= 4 is 44.3 Å². The Balaban J connectivity index is 1.92. The maximum absolute atomic E-state index is 6.25. The van der Waals surface area contributed by atoms with Gasteiger partial charge in [0.15, 0.2) is 0 Å². The van der Waals surface area contributed by atoms with Crippen LogP contribution in [0.1, 0.15) is 30.7 Å². The van der Waals surface area contributed by atoms with Gasteiger partial charge in [0.1, 0.15) is 5.52 Å². The SMILES string of the molecule is CCCC(Nc1ccc2scnc2c1N)c1cccs1. The van der Waals surface area contributed by atoms with Crippen LogP contribution in [0, 0.1) is 0 Å². The minimum atomic E-state index is 0.318. The van der Waals surface area contributed by atoms with Crippen LogP contribution in [0.2, 0.25) is 0 Å². The number of hydrogen-bond acceptors (Lipinski definition) is 5. The van der Waals surface area contributed by atoms with E-state index in [-0.39, 0.29) is 0 Å². The van der Waals surface area contributed by atoms with Crippen LogP contribution >= 0.6 is 22.7 Å². The standard InChI is InChI=1S/C15H17N3S2/c1-2-4-10(12-5-3-8-19-12)18-11-6-7-13-15(14(11)16)17-9-20-13/h3,5-10,18H,2,4,16H2,1H3. The molecule has 0 fully saturated rings. The predicted molar refractivity (Wildman–Crippen MR) is 89.6 cm³/mol. The van der Waals surface area contributed by atoms with Gasteiger partial charge in [-0.05, 0) is 30.0 Å². The topological polar surface area (TPSA) is 50.9 Å². The molecule has 2 heterocycles. The van der Waals surface area contributed by atoms with E-state index in [2.05, 4.69) is 46.9 Å². The molecule has 3 nitrogen and oxygen atoms in total. The van der Waals surface area contributed by atoms with Crippen molar-refractivity contribution < 1.29 is 0 Å². The Morgan fingerprint density at radius 2 is 2.20 bits per heavy atom. The van der Waals surface area contributed by atoms with E-state index in [1.807, 2.05) is 5.51 Å². The Hall–Kier alpha value is -1.59. The van der Waals surface area contributed by atoms with Gasteiger partial charge in [-0.3, -0.25) is 0 Å². The highest BCUT2D eigenvalue weighted by atomic mass is 32.1. The minimum Gasteiger partial charge on any atom is -0.395 e. The first-order valence-corrected chi connectivity index (χ1v) is 8.47. The summed E-state index contributed by atoms with van der Waals surface area (Å²) in [5, 5.41) is 5.70. The molecule has 0 saturated heterocycles. The van der Waals surface area contributed by atoms with Gasteiger partial charge in [-0.25, -0.2) is 4.98 Å². The number of thiazole rings is 1. The van der Waals surface area contributed by atoms with Crippen LogP contribution in [0.15, 0.2) is 35.2 Å². The molecule has 0 saturated carbocycles. The lowest BCUT2D eigenvalue weighted by atomic mass is 10.1. The Labute approximate surface area is 126 Å². The lowest BCUT2D eigenvalue weighted by molar-refractivity contribution is 0.688. The summed E-state index contributed by atoms with van der Waals surface area (Å²) in [5.41, 5.74) is 10.7. The predicted octanol–water partition coefficient (Wildman–Crippen LogP) is 4.89. The van der Waals surface area contributed by atoms with Crippen molar-refractivity contribution in [1.29, 1.82) is 0 Å². The molecule has 2 aromatic heterocycles. The van der Waals surface area contributed by atoms with Crippen LogP contribution in [-0.4, -0.2) is 4.98 Å². The minimum absolute atomic E-state index is 0.318. The van der Waals surface area contributed by atoms with Crippen molar-refractivity contribution in [3.63, 3.8) is 0 Å². The summed E-state index contributed by atoms with van der Waals surface area (Å²) in [4.78, 5) is 5.70. The van der Waals surface area contributed by atoms with Crippen LogP contribution in [0.25, 0.3) is 10.2 Å². The molecular formula is C15H17N3S2. The highest BCUT2D eigenvalue weighted by Crippen LogP contribution is 2.34. The fourth-order valence-electron chi connectivity index (χ4n) is 2.33. The third kappa shape index (κ3) is 2.51. The van der Waals surface area contributed by atoms with E-state index < -0.39 is 0 Å². The molecule has 0 aliphatic heterocycles. The summed E-state index contributed by atoms with van der Waals surface area (Å²) in [7, 11) is 0. The van der Waals surface area contributed by atoms with E-state index in [9.17, 15) is 0 Å². The molecule has 1 atom stereocenters. The summed E-state index contributed by atoms with van der Waals surface area (Å²) < 4.78 is 1.14. The van der Waals surface area contributed by atoms with Crippen molar-refractivity contribution in [1.82, 2.24) is 4.98 Å². The Morgan fingerprint density at radius 1 is 1.30 bits per heavy atom. The molecule has 1 aromatic carbocycles. The van der Waals surface area contributed by atoms with E-state index in [0.29, 0.717) is 6.04 Å². The average molecular weight is 303 g/mol. The number of benzene rings is 1. The first-order valence-electron chi connectivity index (χ1n) is 6.71. The molecule has 0 bridgehead atoms. The van der Waals surface area contributed by atoms with Crippen LogP contribution < -0.4 is 11.1 Å². The lowest BCUT2D eigenvalue weighted by Crippen LogP contribution is -2.10. The van der Waals surface area contributed by atoms with E-state index in [1.54, 1.807) is 22.7 Å². The van der Waals surface area contributed by atoms with E-state index in [1.165, 1.54) is 4.88 Å². The quantitative estimate of drug-likeness (QED) is 0.660. The van der Waals surface area contributed by atoms with Gasteiger partial charge in [-0.2, -0.15) is 0 Å². The molecule has 5 heteroatoms. The first-order chi connectivity index (χ1) is 9.79. The number of aromatic nitrogens is 1. The van der Waals surface area contributed by atoms with E-state index in [0.717, 1.165) is 34.4 Å². The molecule has 3 rings (SSSR count). The number of nitrogens with two attached hydrogens (primary N) is 1. The summed E-state index contributed by atoms with van der Waals surface area (Å²) in [6.45, 7) is 2.20. The fourth-order valence-corrected chi connectivity index (χ4v) is 3.83. The highest BCUT2D eigenvalue weighted by Gasteiger charge is 2.14. The smallest absolute Gasteiger partial charge is 0.106 e. The summed E-state index contributed by atoms with van der Waals surface area (Å²) in [6.07, 6.45) is 2.23. The number of nitrogens with one attached hydrogen (secondary N) is 1. The molecule has 3 N–H and O–H groups in total. The molecule has 1 unspecified atom stereocenters. The fraction of sp³-hybridized carbons (Fsp3) is 0.267. The molecule has 104 valence electrons. The third-order valence-corrected chi connectivity index (χ3v) is 5.12. The molecule has 0 aliphatic rings. The second-order valence-electron chi connectivity index (χ2n) is 4.73. The van der Waals surface area contributed by atoms with Crippen LogP contribution in [0.4, 0.5) is 11.4 Å². The molecule has 0 radical (unpaired) electrons. The number of rotatable bonds is 5. The Kier molecular flexibility index (Phi) is 3.89. The third-order valence-electron chi connectivity index (χ3n) is 3.34. The normalized spacial score (nSPS) is 12.7. The summed E-state index contributed by atoms with van der Waals surface area (Å²) >= 11 is 3.40. The molecule has 0 spiro atoms. The maximum Gasteiger partial charge on any atom is 0.106 e. The highest BCUT2D eigenvalue weighted by molar-refractivity contribution is 7.16. The van der Waals surface area contributed by atoms with Crippen molar-refractivity contribution in [2.24, 2.45) is 0 Å². The van der Waals surface area contributed by atoms with Gasteiger partial charge in [0, 0.05) is 4.88 Å². The Morgan fingerprint density at radius 3 is 2.95 bits per heavy atom. The zero-order valence-corrected chi connectivity index (χ0v) is 12.9. The lowest BCUT2D eigenvalue weighted by Gasteiger charge is -2.19. The zero-order chi connectivity index (χ0) is 13.9. The number of fused-ring (bicyclic) bond motifs is 1. The van der Waals surface area contributed by atoms with Gasteiger partial charge >= 0.3 is 0 Å².